The zero-order valence-electron chi connectivity index (χ0n) is 21.9. The Labute approximate surface area is 216 Å². The molecule has 3 amide bonds. The maximum absolute atomic E-state index is 13.2. The highest BCUT2D eigenvalue weighted by Crippen LogP contribution is 2.19. The van der Waals surface area contributed by atoms with Crippen LogP contribution in [0.4, 0.5) is 0 Å². The van der Waals surface area contributed by atoms with Crippen LogP contribution >= 0.6 is 0 Å². The van der Waals surface area contributed by atoms with E-state index in [9.17, 15) is 29.4 Å². The number of hydrogen-bond acceptors (Lipinski definition) is 6. The molecule has 0 radical (unpaired) electrons. The number of nitrogens with two attached hydrogens (primary N) is 1. The van der Waals surface area contributed by atoms with Gasteiger partial charge in [-0.3, -0.25) is 14.4 Å². The van der Waals surface area contributed by atoms with Crippen LogP contribution in [0, 0.1) is 11.8 Å². The molecule has 0 bridgehead atoms. The number of hydrogen-bond donors (Lipinski definition) is 7. The molecule has 0 aliphatic rings. The Morgan fingerprint density at radius 1 is 0.946 bits per heavy atom. The highest BCUT2D eigenvalue weighted by molar-refractivity contribution is 5.94. The second-order valence-corrected chi connectivity index (χ2v) is 9.83. The molecule has 11 nitrogen and oxygen atoms in total. The fourth-order valence-corrected chi connectivity index (χ4v) is 3.88. The van der Waals surface area contributed by atoms with Crippen LogP contribution in [0.25, 0.3) is 10.9 Å². The van der Waals surface area contributed by atoms with Crippen LogP contribution in [0.2, 0.25) is 0 Å². The van der Waals surface area contributed by atoms with Crippen LogP contribution in [0.1, 0.15) is 46.6 Å². The molecule has 0 spiro atoms. The van der Waals surface area contributed by atoms with Gasteiger partial charge in [0, 0.05) is 23.5 Å². The van der Waals surface area contributed by atoms with Crippen LogP contribution in [-0.4, -0.2) is 69.2 Å². The van der Waals surface area contributed by atoms with Crippen LogP contribution in [0.15, 0.2) is 30.5 Å². The lowest BCUT2D eigenvalue weighted by atomic mass is 9.96. The van der Waals surface area contributed by atoms with E-state index < -0.39 is 54.0 Å². The first kappa shape index (κ1) is 29.8. The average Bonchev–Trinajstić information content (AvgIpc) is 3.26. The molecule has 0 fully saturated rings. The van der Waals surface area contributed by atoms with Gasteiger partial charge in [0.05, 0.1) is 12.1 Å². The Balaban J connectivity index is 2.19. The number of carbonyl (C=O) groups is 4. The van der Waals surface area contributed by atoms with Crippen molar-refractivity contribution in [2.24, 2.45) is 17.6 Å². The molecule has 1 heterocycles. The standard InChI is InChI=1S/C26H39N5O6/c1-6-14(4)21(30-25(35)22(15(5)32)31-23(33)20(27)13(2)3)24(34)29-19(26(36)37)11-16-12-28-18-10-8-7-9-17(16)18/h7-10,12-15,19-22,28,32H,6,11,27H2,1-5H3,(H,29,34)(H,30,35)(H,31,33)(H,36,37). The number of aromatic nitrogens is 1. The zero-order valence-corrected chi connectivity index (χ0v) is 21.9. The summed E-state index contributed by atoms with van der Waals surface area (Å²) >= 11 is 0. The van der Waals surface area contributed by atoms with Crippen LogP contribution in [0.5, 0.6) is 0 Å². The molecule has 0 saturated carbocycles. The van der Waals surface area contributed by atoms with E-state index in [4.69, 9.17) is 5.73 Å². The first-order chi connectivity index (χ1) is 17.4. The highest BCUT2D eigenvalue weighted by atomic mass is 16.4. The van der Waals surface area contributed by atoms with Gasteiger partial charge in [0.2, 0.25) is 17.7 Å². The first-order valence-corrected chi connectivity index (χ1v) is 12.5. The maximum Gasteiger partial charge on any atom is 0.326 e. The smallest absolute Gasteiger partial charge is 0.326 e. The van der Waals surface area contributed by atoms with Gasteiger partial charge in [-0.1, -0.05) is 52.3 Å². The number of carbonyl (C=O) groups excluding carboxylic acids is 3. The fourth-order valence-electron chi connectivity index (χ4n) is 3.88. The first-order valence-electron chi connectivity index (χ1n) is 12.5. The molecular weight excluding hydrogens is 478 g/mol. The van der Waals surface area contributed by atoms with E-state index in [0.717, 1.165) is 16.5 Å². The zero-order chi connectivity index (χ0) is 27.9. The average molecular weight is 518 g/mol. The Morgan fingerprint density at radius 3 is 2.11 bits per heavy atom. The van der Waals surface area contributed by atoms with Gasteiger partial charge in [-0.2, -0.15) is 0 Å². The van der Waals surface area contributed by atoms with Crippen LogP contribution in [-0.2, 0) is 25.6 Å². The molecule has 204 valence electrons. The summed E-state index contributed by atoms with van der Waals surface area (Å²) in [5.41, 5.74) is 7.43. The van der Waals surface area contributed by atoms with Gasteiger partial charge in [0.1, 0.15) is 18.1 Å². The molecule has 2 aromatic rings. The SMILES string of the molecule is CCC(C)C(NC(=O)C(NC(=O)C(N)C(C)C)C(C)O)C(=O)NC(Cc1c[nH]c2ccccc12)C(=O)O. The summed E-state index contributed by atoms with van der Waals surface area (Å²) in [6.45, 7) is 8.41. The summed E-state index contributed by atoms with van der Waals surface area (Å²) in [7, 11) is 0. The number of H-pyrrole nitrogens is 1. The third-order valence-corrected chi connectivity index (χ3v) is 6.59. The van der Waals surface area contributed by atoms with E-state index in [1.165, 1.54) is 6.92 Å². The Bertz CT molecular complexity index is 1100. The van der Waals surface area contributed by atoms with Crippen LogP contribution < -0.4 is 21.7 Å². The second kappa shape index (κ2) is 13.2. The van der Waals surface area contributed by atoms with Crippen molar-refractivity contribution < 1.29 is 29.4 Å². The lowest BCUT2D eigenvalue weighted by Gasteiger charge is -2.29. The van der Waals surface area contributed by atoms with Crippen molar-refractivity contribution in [3.8, 4) is 0 Å². The van der Waals surface area contributed by atoms with Crippen molar-refractivity contribution >= 4 is 34.6 Å². The predicted octanol–water partition coefficient (Wildman–Crippen LogP) is 0.660. The number of nitrogens with one attached hydrogen (secondary N) is 4. The predicted molar refractivity (Wildman–Crippen MR) is 139 cm³/mol. The van der Waals surface area contributed by atoms with Crippen molar-refractivity contribution in [3.05, 3.63) is 36.0 Å². The second-order valence-electron chi connectivity index (χ2n) is 9.83. The molecule has 37 heavy (non-hydrogen) atoms. The van der Waals surface area contributed by atoms with Crippen molar-refractivity contribution in [3.63, 3.8) is 0 Å². The molecule has 8 N–H and O–H groups in total. The summed E-state index contributed by atoms with van der Waals surface area (Å²) in [5, 5.41) is 28.4. The van der Waals surface area contributed by atoms with E-state index in [-0.39, 0.29) is 18.3 Å². The molecule has 0 aliphatic carbocycles. The van der Waals surface area contributed by atoms with E-state index in [0.29, 0.717) is 6.42 Å². The number of fused-ring (bicyclic) bond motifs is 1. The molecule has 0 saturated heterocycles. The third-order valence-electron chi connectivity index (χ3n) is 6.59. The van der Waals surface area contributed by atoms with Crippen molar-refractivity contribution in [1.82, 2.24) is 20.9 Å². The number of carboxylic acids is 1. The largest absolute Gasteiger partial charge is 0.480 e. The monoisotopic (exact) mass is 517 g/mol. The van der Waals surface area contributed by atoms with E-state index in [1.54, 1.807) is 27.0 Å². The number of aromatic amines is 1. The van der Waals surface area contributed by atoms with E-state index in [1.807, 2.05) is 31.2 Å². The molecule has 1 aromatic carbocycles. The van der Waals surface area contributed by atoms with Gasteiger partial charge in [0.15, 0.2) is 0 Å². The Kier molecular flexibility index (Phi) is 10.6. The number of amides is 3. The molecule has 6 unspecified atom stereocenters. The van der Waals surface area contributed by atoms with Crippen LogP contribution in [0.3, 0.4) is 0 Å². The summed E-state index contributed by atoms with van der Waals surface area (Å²) in [6.07, 6.45) is 0.977. The topological polar surface area (TPSA) is 187 Å². The van der Waals surface area contributed by atoms with E-state index in [2.05, 4.69) is 20.9 Å². The molecule has 0 aliphatic heterocycles. The minimum Gasteiger partial charge on any atom is -0.480 e. The number of benzene rings is 1. The fraction of sp³-hybridized carbons (Fsp3) is 0.538. The summed E-state index contributed by atoms with van der Waals surface area (Å²) < 4.78 is 0. The number of aliphatic carboxylic acids is 1. The minimum atomic E-state index is -1.35. The third kappa shape index (κ3) is 7.77. The summed E-state index contributed by atoms with van der Waals surface area (Å²) in [5.74, 6) is -3.83. The number of carboxylic acid groups (broad SMARTS) is 1. The van der Waals surface area contributed by atoms with Gasteiger partial charge in [-0.05, 0) is 30.4 Å². The molecule has 2 rings (SSSR count). The Hall–Kier alpha value is -3.44. The molecule has 11 heteroatoms. The van der Waals surface area contributed by atoms with Crippen molar-refractivity contribution in [2.45, 2.75) is 77.7 Å². The molecular formula is C26H39N5O6. The van der Waals surface area contributed by atoms with E-state index >= 15 is 0 Å². The van der Waals surface area contributed by atoms with Gasteiger partial charge in [-0.25, -0.2) is 4.79 Å². The quantitative estimate of drug-likeness (QED) is 0.203. The normalized spacial score (nSPS) is 16.3. The number of aliphatic hydroxyl groups is 1. The Morgan fingerprint density at radius 2 is 1.54 bits per heavy atom. The number of rotatable bonds is 13. The lowest BCUT2D eigenvalue weighted by molar-refractivity contribution is -0.142. The summed E-state index contributed by atoms with van der Waals surface area (Å²) in [4.78, 5) is 53.8. The van der Waals surface area contributed by atoms with Crippen molar-refractivity contribution in [1.29, 1.82) is 0 Å². The van der Waals surface area contributed by atoms with Gasteiger partial charge < -0.3 is 36.9 Å². The van der Waals surface area contributed by atoms with Gasteiger partial charge in [-0.15, -0.1) is 0 Å². The number of aliphatic hydroxyl groups excluding tert-OH is 1. The molecule has 1 aromatic heterocycles. The lowest BCUT2D eigenvalue weighted by Crippen LogP contribution is -2.61. The minimum absolute atomic E-state index is 0.0334. The highest BCUT2D eigenvalue weighted by Gasteiger charge is 2.34. The van der Waals surface area contributed by atoms with Gasteiger partial charge in [0.25, 0.3) is 0 Å². The van der Waals surface area contributed by atoms with Gasteiger partial charge >= 0.3 is 5.97 Å². The summed E-state index contributed by atoms with van der Waals surface area (Å²) in [6, 6.07) is 2.85. The van der Waals surface area contributed by atoms with Crippen molar-refractivity contribution in [2.75, 3.05) is 0 Å². The number of para-hydroxylation sites is 1. The maximum atomic E-state index is 13.2. The molecule has 6 atom stereocenters.